The lowest BCUT2D eigenvalue weighted by molar-refractivity contribution is -0.135. The molecule has 1 saturated heterocycles. The van der Waals surface area contributed by atoms with Gasteiger partial charge in [0, 0.05) is 31.4 Å². The molecule has 2 heterocycles. The molecule has 0 saturated carbocycles. The zero-order valence-corrected chi connectivity index (χ0v) is 14.2. The first kappa shape index (κ1) is 16.7. The van der Waals surface area contributed by atoms with Crippen LogP contribution in [0, 0.1) is 5.92 Å². The molecule has 0 aliphatic carbocycles. The normalized spacial score (nSPS) is 21.0. The van der Waals surface area contributed by atoms with Crippen LogP contribution in [0.1, 0.15) is 25.0 Å². The Kier molecular flexibility index (Phi) is 4.67. The summed E-state index contributed by atoms with van der Waals surface area (Å²) in [4.78, 5) is 18.8. The fourth-order valence-electron chi connectivity index (χ4n) is 3.42. The van der Waals surface area contributed by atoms with Crippen molar-refractivity contribution in [3.8, 4) is 0 Å². The molecule has 126 valence electrons. The summed E-state index contributed by atoms with van der Waals surface area (Å²) in [5.41, 5.74) is 1.56. The molecule has 24 heavy (non-hydrogen) atoms. The molecule has 1 fully saturated rings. The van der Waals surface area contributed by atoms with E-state index in [0.717, 1.165) is 17.5 Å². The van der Waals surface area contributed by atoms with Crippen LogP contribution in [0.2, 0.25) is 0 Å². The zero-order valence-electron chi connectivity index (χ0n) is 14.2. The number of β-amino-alcohol motifs (C(OH)–C–C–N with tert-alkyl or cyclic N) is 1. The average molecular weight is 324 g/mol. The predicted octanol–water partition coefficient (Wildman–Crippen LogP) is 2.42. The third-order valence-corrected chi connectivity index (χ3v) is 4.97. The van der Waals surface area contributed by atoms with Crippen LogP contribution in [0.3, 0.4) is 0 Å². The molecule has 1 amide bonds. The Morgan fingerprint density at radius 3 is 2.50 bits per heavy atom. The van der Waals surface area contributed by atoms with Crippen LogP contribution in [-0.2, 0) is 16.6 Å². The van der Waals surface area contributed by atoms with Gasteiger partial charge in [-0.1, -0.05) is 30.3 Å². The number of aromatic nitrogens is 1. The van der Waals surface area contributed by atoms with E-state index in [1.807, 2.05) is 61.2 Å². The monoisotopic (exact) mass is 324 g/mol. The second-order valence-corrected chi connectivity index (χ2v) is 7.09. The Hall–Kier alpha value is -2.20. The number of rotatable bonds is 4. The van der Waals surface area contributed by atoms with Crippen molar-refractivity contribution in [3.05, 3.63) is 66.0 Å². The molecule has 0 spiro atoms. The highest BCUT2D eigenvalue weighted by Crippen LogP contribution is 2.29. The van der Waals surface area contributed by atoms with E-state index in [-0.39, 0.29) is 11.8 Å². The quantitative estimate of drug-likeness (QED) is 0.940. The summed E-state index contributed by atoms with van der Waals surface area (Å²) in [6.07, 6.45) is 3.81. The molecule has 4 heteroatoms. The smallest absolute Gasteiger partial charge is 0.232 e. The van der Waals surface area contributed by atoms with Crippen molar-refractivity contribution >= 4 is 5.91 Å². The van der Waals surface area contributed by atoms with Crippen molar-refractivity contribution < 1.29 is 9.90 Å². The molecule has 1 aliphatic rings. The Bertz CT molecular complexity index is 685. The van der Waals surface area contributed by atoms with Gasteiger partial charge in [-0.2, -0.15) is 0 Å². The van der Waals surface area contributed by atoms with Gasteiger partial charge in [-0.15, -0.1) is 0 Å². The molecule has 2 atom stereocenters. The minimum Gasteiger partial charge on any atom is -0.391 e. The fraction of sp³-hybridized carbons (Fsp3) is 0.400. The molecule has 2 aromatic rings. The standard InChI is InChI=1S/C20H24N2O2/c1-20(2,17-6-4-3-5-7-17)19(24)22-13-16(18(23)14-22)12-15-8-10-21-11-9-15/h3-11,16,18,23H,12-14H2,1-2H3/t16-,18-/m1/s1. The van der Waals surface area contributed by atoms with Gasteiger partial charge in [0.2, 0.25) is 5.91 Å². The number of aliphatic hydroxyl groups is 1. The van der Waals surface area contributed by atoms with Crippen LogP contribution in [0.25, 0.3) is 0 Å². The lowest BCUT2D eigenvalue weighted by atomic mass is 9.83. The summed E-state index contributed by atoms with van der Waals surface area (Å²) < 4.78 is 0. The van der Waals surface area contributed by atoms with Gasteiger partial charge < -0.3 is 10.0 Å². The van der Waals surface area contributed by atoms with Gasteiger partial charge in [0.15, 0.2) is 0 Å². The van der Waals surface area contributed by atoms with Crippen molar-refractivity contribution in [3.63, 3.8) is 0 Å². The minimum atomic E-state index is -0.591. The Balaban J connectivity index is 1.71. The van der Waals surface area contributed by atoms with Gasteiger partial charge in [0.25, 0.3) is 0 Å². The van der Waals surface area contributed by atoms with Gasteiger partial charge in [0.1, 0.15) is 0 Å². The fourth-order valence-corrected chi connectivity index (χ4v) is 3.42. The number of carbonyl (C=O) groups is 1. The van der Waals surface area contributed by atoms with Crippen LogP contribution in [-0.4, -0.2) is 40.1 Å². The first-order valence-corrected chi connectivity index (χ1v) is 8.40. The lowest BCUT2D eigenvalue weighted by Gasteiger charge is -2.29. The topological polar surface area (TPSA) is 53.4 Å². The third kappa shape index (κ3) is 3.34. The molecule has 1 aromatic carbocycles. The summed E-state index contributed by atoms with van der Waals surface area (Å²) in [6.45, 7) is 4.91. The van der Waals surface area contributed by atoms with Crippen molar-refractivity contribution in [1.29, 1.82) is 0 Å². The number of nitrogens with zero attached hydrogens (tertiary/aromatic N) is 2. The van der Waals surface area contributed by atoms with Crippen molar-refractivity contribution in [2.75, 3.05) is 13.1 Å². The SMILES string of the molecule is CC(C)(C(=O)N1C[C@@H](Cc2ccncc2)[C@H](O)C1)c1ccccc1. The van der Waals surface area contributed by atoms with E-state index >= 15 is 0 Å². The Labute approximate surface area is 143 Å². The van der Waals surface area contributed by atoms with Crippen LogP contribution in [0.5, 0.6) is 0 Å². The Morgan fingerprint density at radius 2 is 1.83 bits per heavy atom. The Morgan fingerprint density at radius 1 is 1.17 bits per heavy atom. The van der Waals surface area contributed by atoms with E-state index < -0.39 is 11.5 Å². The maximum Gasteiger partial charge on any atom is 0.232 e. The highest BCUT2D eigenvalue weighted by molar-refractivity contribution is 5.87. The summed E-state index contributed by atoms with van der Waals surface area (Å²) in [6, 6.07) is 13.8. The number of aliphatic hydroxyl groups excluding tert-OH is 1. The molecule has 0 unspecified atom stereocenters. The summed E-state index contributed by atoms with van der Waals surface area (Å²) in [7, 11) is 0. The highest BCUT2D eigenvalue weighted by atomic mass is 16.3. The largest absolute Gasteiger partial charge is 0.391 e. The number of likely N-dealkylation sites (tertiary alicyclic amines) is 1. The van der Waals surface area contributed by atoms with Gasteiger partial charge >= 0.3 is 0 Å². The molecular formula is C20H24N2O2. The number of carbonyl (C=O) groups excluding carboxylic acids is 1. The maximum atomic E-state index is 13.0. The summed E-state index contributed by atoms with van der Waals surface area (Å²) >= 11 is 0. The van der Waals surface area contributed by atoms with E-state index in [9.17, 15) is 9.90 Å². The molecular weight excluding hydrogens is 300 g/mol. The summed E-state index contributed by atoms with van der Waals surface area (Å²) in [5, 5.41) is 10.4. The minimum absolute atomic E-state index is 0.0722. The molecule has 1 aliphatic heterocycles. The molecule has 3 rings (SSSR count). The number of amides is 1. The van der Waals surface area contributed by atoms with Crippen LogP contribution in [0.4, 0.5) is 0 Å². The first-order valence-electron chi connectivity index (χ1n) is 8.40. The molecule has 1 N–H and O–H groups in total. The average Bonchev–Trinajstić information content (AvgIpc) is 2.96. The van der Waals surface area contributed by atoms with Gasteiger partial charge in [0.05, 0.1) is 11.5 Å². The number of pyridine rings is 1. The number of hydrogen-bond acceptors (Lipinski definition) is 3. The zero-order chi connectivity index (χ0) is 17.2. The molecule has 0 bridgehead atoms. The van der Waals surface area contributed by atoms with Crippen LogP contribution < -0.4 is 0 Å². The molecule has 4 nitrogen and oxygen atoms in total. The van der Waals surface area contributed by atoms with E-state index in [4.69, 9.17) is 0 Å². The highest BCUT2D eigenvalue weighted by Gasteiger charge is 2.40. The van der Waals surface area contributed by atoms with Gasteiger partial charge in [-0.05, 0) is 43.5 Å². The van der Waals surface area contributed by atoms with Crippen molar-refractivity contribution in [2.45, 2.75) is 31.8 Å². The van der Waals surface area contributed by atoms with Crippen LogP contribution >= 0.6 is 0 Å². The van der Waals surface area contributed by atoms with E-state index in [0.29, 0.717) is 13.1 Å². The van der Waals surface area contributed by atoms with Crippen LogP contribution in [0.15, 0.2) is 54.9 Å². The number of hydrogen-bond donors (Lipinski definition) is 1. The second kappa shape index (κ2) is 6.73. The lowest BCUT2D eigenvalue weighted by Crippen LogP contribution is -2.42. The van der Waals surface area contributed by atoms with Crippen molar-refractivity contribution in [2.24, 2.45) is 5.92 Å². The van der Waals surface area contributed by atoms with Gasteiger partial charge in [-0.3, -0.25) is 9.78 Å². The van der Waals surface area contributed by atoms with Gasteiger partial charge in [-0.25, -0.2) is 0 Å². The molecule has 0 radical (unpaired) electrons. The first-order chi connectivity index (χ1) is 11.5. The molecule has 1 aromatic heterocycles. The number of benzene rings is 1. The van der Waals surface area contributed by atoms with E-state index in [2.05, 4.69) is 4.98 Å². The van der Waals surface area contributed by atoms with E-state index in [1.165, 1.54) is 0 Å². The maximum absolute atomic E-state index is 13.0. The third-order valence-electron chi connectivity index (χ3n) is 4.97. The second-order valence-electron chi connectivity index (χ2n) is 7.09. The van der Waals surface area contributed by atoms with E-state index in [1.54, 1.807) is 12.4 Å². The predicted molar refractivity (Wildman–Crippen MR) is 93.5 cm³/mol. The summed E-state index contributed by atoms with van der Waals surface area (Å²) in [5.74, 6) is 0.146. The van der Waals surface area contributed by atoms with Crippen molar-refractivity contribution in [1.82, 2.24) is 9.88 Å².